The number of aliphatic hydroxyl groups excluding tert-OH is 1. The maximum absolute atomic E-state index is 12.1. The minimum Gasteiger partial charge on any atom is -0.395 e. The first-order valence-corrected chi connectivity index (χ1v) is 8.32. The molecule has 4 aromatic rings. The zero-order chi connectivity index (χ0) is 17.4. The molecule has 0 bridgehead atoms. The second-order valence-corrected chi connectivity index (χ2v) is 6.25. The molecule has 4 N–H and O–H groups in total. The van der Waals surface area contributed by atoms with E-state index in [0.717, 1.165) is 32.9 Å². The summed E-state index contributed by atoms with van der Waals surface area (Å²) in [5.41, 5.74) is 3.52. The molecule has 0 saturated carbocycles. The number of carbonyl (C=O) groups excluding carboxylic acids is 1. The van der Waals surface area contributed by atoms with Gasteiger partial charge in [0, 0.05) is 62.5 Å². The van der Waals surface area contributed by atoms with E-state index in [1.807, 2.05) is 42.7 Å². The number of hydrogen-bond donors (Lipinski definition) is 4. The molecule has 0 fully saturated rings. The summed E-state index contributed by atoms with van der Waals surface area (Å²) in [5.74, 6) is -0.196. The van der Waals surface area contributed by atoms with Crippen molar-refractivity contribution in [3.05, 3.63) is 59.4 Å². The Kier molecular flexibility index (Phi) is 3.95. The molecule has 0 saturated heterocycles. The van der Waals surface area contributed by atoms with E-state index in [1.54, 1.807) is 6.07 Å². The van der Waals surface area contributed by atoms with Crippen molar-refractivity contribution in [2.45, 2.75) is 0 Å². The van der Waals surface area contributed by atoms with Crippen LogP contribution in [0.1, 0.15) is 10.4 Å². The van der Waals surface area contributed by atoms with E-state index in [0.29, 0.717) is 10.6 Å². The van der Waals surface area contributed by atoms with Gasteiger partial charge in [-0.3, -0.25) is 4.79 Å². The average Bonchev–Trinajstić information content (AvgIpc) is 3.26. The average molecular weight is 354 g/mol. The maximum atomic E-state index is 12.1. The number of nitrogens with one attached hydrogen (secondary N) is 3. The Labute approximate surface area is 148 Å². The van der Waals surface area contributed by atoms with Crippen molar-refractivity contribution in [2.75, 3.05) is 13.2 Å². The summed E-state index contributed by atoms with van der Waals surface area (Å²) in [4.78, 5) is 18.5. The number of benzene rings is 2. The largest absolute Gasteiger partial charge is 0.395 e. The maximum Gasteiger partial charge on any atom is 0.251 e. The fraction of sp³-hybridized carbons (Fsp3) is 0.105. The number of hydrogen-bond acceptors (Lipinski definition) is 2. The number of rotatable bonds is 4. The summed E-state index contributed by atoms with van der Waals surface area (Å²) in [6.07, 6.45) is 3.81. The fourth-order valence-corrected chi connectivity index (χ4v) is 3.27. The van der Waals surface area contributed by atoms with Crippen LogP contribution in [-0.4, -0.2) is 34.1 Å². The van der Waals surface area contributed by atoms with E-state index in [-0.39, 0.29) is 19.1 Å². The zero-order valence-electron chi connectivity index (χ0n) is 13.3. The van der Waals surface area contributed by atoms with Crippen LogP contribution in [0.5, 0.6) is 0 Å². The quantitative estimate of drug-likeness (QED) is 0.451. The van der Waals surface area contributed by atoms with Gasteiger partial charge in [0.1, 0.15) is 0 Å². The fourth-order valence-electron chi connectivity index (χ4n) is 3.05. The van der Waals surface area contributed by atoms with Gasteiger partial charge in [-0.1, -0.05) is 17.7 Å². The van der Waals surface area contributed by atoms with Crippen LogP contribution in [-0.2, 0) is 0 Å². The van der Waals surface area contributed by atoms with E-state index >= 15 is 0 Å². The van der Waals surface area contributed by atoms with Gasteiger partial charge in [0.15, 0.2) is 0 Å². The molecular formula is C19H16ClN3O2. The zero-order valence-corrected chi connectivity index (χ0v) is 14.0. The van der Waals surface area contributed by atoms with E-state index in [1.165, 1.54) is 0 Å². The first-order chi connectivity index (χ1) is 12.2. The lowest BCUT2D eigenvalue weighted by Gasteiger charge is -2.02. The molecule has 1 amide bonds. The van der Waals surface area contributed by atoms with Crippen LogP contribution in [0, 0.1) is 0 Å². The van der Waals surface area contributed by atoms with Crippen molar-refractivity contribution in [1.82, 2.24) is 15.3 Å². The van der Waals surface area contributed by atoms with Gasteiger partial charge < -0.3 is 20.4 Å². The van der Waals surface area contributed by atoms with Gasteiger partial charge in [-0.2, -0.15) is 0 Å². The Balaban J connectivity index is 1.77. The molecular weight excluding hydrogens is 338 g/mol. The molecule has 4 rings (SSSR count). The normalized spacial score (nSPS) is 11.3. The minimum absolute atomic E-state index is 0.0779. The summed E-state index contributed by atoms with van der Waals surface area (Å²) in [7, 11) is 0. The molecule has 0 aliphatic carbocycles. The highest BCUT2D eigenvalue weighted by molar-refractivity contribution is 6.36. The molecule has 5 nitrogen and oxygen atoms in total. The molecule has 0 atom stereocenters. The molecule has 0 aliphatic heterocycles. The molecule has 0 unspecified atom stereocenters. The van der Waals surface area contributed by atoms with Crippen LogP contribution in [0.25, 0.3) is 32.9 Å². The number of aromatic amines is 2. The Morgan fingerprint density at radius 3 is 2.80 bits per heavy atom. The van der Waals surface area contributed by atoms with Crippen LogP contribution < -0.4 is 5.32 Å². The SMILES string of the molecule is O=C(NCCO)c1ccc2[nH]c(-c3ccc(Cl)c4c[nH]cc34)cc2c1. The second-order valence-electron chi connectivity index (χ2n) is 5.84. The molecule has 25 heavy (non-hydrogen) atoms. The van der Waals surface area contributed by atoms with E-state index in [9.17, 15) is 4.79 Å². The number of halogens is 1. The molecule has 126 valence electrons. The van der Waals surface area contributed by atoms with E-state index < -0.39 is 0 Å². The predicted octanol–water partition coefficient (Wildman–Crippen LogP) is 3.69. The number of aromatic nitrogens is 2. The van der Waals surface area contributed by atoms with Crippen molar-refractivity contribution in [3.8, 4) is 11.3 Å². The van der Waals surface area contributed by atoms with Crippen molar-refractivity contribution in [3.63, 3.8) is 0 Å². The van der Waals surface area contributed by atoms with Crippen molar-refractivity contribution in [1.29, 1.82) is 0 Å². The molecule has 6 heteroatoms. The van der Waals surface area contributed by atoms with Crippen LogP contribution in [0.2, 0.25) is 5.02 Å². The third-order valence-electron chi connectivity index (χ3n) is 4.26. The topological polar surface area (TPSA) is 80.9 Å². The minimum atomic E-state index is -0.196. The van der Waals surface area contributed by atoms with Crippen molar-refractivity contribution >= 4 is 39.2 Å². The first-order valence-electron chi connectivity index (χ1n) is 7.94. The predicted molar refractivity (Wildman–Crippen MR) is 100 cm³/mol. The van der Waals surface area contributed by atoms with Crippen LogP contribution >= 0.6 is 11.6 Å². The highest BCUT2D eigenvalue weighted by Gasteiger charge is 2.12. The Morgan fingerprint density at radius 2 is 1.96 bits per heavy atom. The lowest BCUT2D eigenvalue weighted by Crippen LogP contribution is -2.26. The van der Waals surface area contributed by atoms with Gasteiger partial charge in [-0.25, -0.2) is 0 Å². The summed E-state index contributed by atoms with van der Waals surface area (Å²) >= 11 is 6.24. The van der Waals surface area contributed by atoms with Gasteiger partial charge in [-0.05, 0) is 30.3 Å². The third-order valence-corrected chi connectivity index (χ3v) is 4.59. The van der Waals surface area contributed by atoms with E-state index in [4.69, 9.17) is 16.7 Å². The van der Waals surface area contributed by atoms with Crippen molar-refractivity contribution < 1.29 is 9.90 Å². The summed E-state index contributed by atoms with van der Waals surface area (Å²) in [6.45, 7) is 0.164. The standard InChI is InChI=1S/C19H16ClN3O2/c20-16-3-2-13(14-9-21-10-15(14)16)18-8-12-7-11(1-4-17(12)23-18)19(25)22-5-6-24/h1-4,7-10,21,23-24H,5-6H2,(H,22,25). The number of fused-ring (bicyclic) bond motifs is 2. The Morgan fingerprint density at radius 1 is 1.12 bits per heavy atom. The highest BCUT2D eigenvalue weighted by Crippen LogP contribution is 2.34. The summed E-state index contributed by atoms with van der Waals surface area (Å²) in [5, 5.41) is 15.2. The van der Waals surface area contributed by atoms with Gasteiger partial charge in [0.2, 0.25) is 0 Å². The van der Waals surface area contributed by atoms with Crippen LogP contribution in [0.3, 0.4) is 0 Å². The second kappa shape index (κ2) is 6.27. The molecule has 0 spiro atoms. The number of H-pyrrole nitrogens is 2. The molecule has 2 heterocycles. The van der Waals surface area contributed by atoms with Crippen molar-refractivity contribution in [2.24, 2.45) is 0 Å². The molecule has 0 aliphatic rings. The van der Waals surface area contributed by atoms with Gasteiger partial charge in [0.05, 0.1) is 6.61 Å². The third kappa shape index (κ3) is 2.77. The lowest BCUT2D eigenvalue weighted by atomic mass is 10.1. The smallest absolute Gasteiger partial charge is 0.251 e. The Hall–Kier alpha value is -2.76. The molecule has 2 aromatic carbocycles. The lowest BCUT2D eigenvalue weighted by molar-refractivity contribution is 0.0945. The van der Waals surface area contributed by atoms with E-state index in [2.05, 4.69) is 15.3 Å². The van der Waals surface area contributed by atoms with Crippen LogP contribution in [0.4, 0.5) is 0 Å². The number of amides is 1. The molecule has 0 radical (unpaired) electrons. The Bertz CT molecular complexity index is 1080. The van der Waals surface area contributed by atoms with Gasteiger partial charge >= 0.3 is 0 Å². The number of carbonyl (C=O) groups is 1. The summed E-state index contributed by atoms with van der Waals surface area (Å²) < 4.78 is 0. The first kappa shape index (κ1) is 15.7. The van der Waals surface area contributed by atoms with Crippen LogP contribution in [0.15, 0.2) is 48.8 Å². The highest BCUT2D eigenvalue weighted by atomic mass is 35.5. The van der Waals surface area contributed by atoms with Gasteiger partial charge in [0.25, 0.3) is 5.91 Å². The van der Waals surface area contributed by atoms with Gasteiger partial charge in [-0.15, -0.1) is 0 Å². The monoisotopic (exact) mass is 353 g/mol. The number of aliphatic hydroxyl groups is 1. The molecule has 2 aromatic heterocycles. The summed E-state index contributed by atoms with van der Waals surface area (Å²) in [6, 6.07) is 11.4.